The minimum absolute atomic E-state index is 0.223. The van der Waals surface area contributed by atoms with Gasteiger partial charge in [0.1, 0.15) is 5.75 Å². The van der Waals surface area contributed by atoms with E-state index >= 15 is 0 Å². The summed E-state index contributed by atoms with van der Waals surface area (Å²) in [6, 6.07) is 4.98. The number of fused-ring (bicyclic) bond motifs is 1. The summed E-state index contributed by atoms with van der Waals surface area (Å²) in [5.41, 5.74) is 2.90. The molecule has 4 heteroatoms. The highest BCUT2D eigenvalue weighted by Crippen LogP contribution is 2.35. The van der Waals surface area contributed by atoms with Crippen LogP contribution in [0.4, 0.5) is 0 Å². The van der Waals surface area contributed by atoms with Crippen LogP contribution in [0.15, 0.2) is 16.6 Å². The summed E-state index contributed by atoms with van der Waals surface area (Å²) in [5.74, 6) is 1.13. The molecule has 0 radical (unpaired) electrons. The molecule has 0 bridgehead atoms. The zero-order chi connectivity index (χ0) is 15.0. The minimum Gasteiger partial charge on any atom is -0.493 e. The van der Waals surface area contributed by atoms with Crippen molar-refractivity contribution in [1.82, 2.24) is 10.2 Å². The average Bonchev–Trinajstić information content (AvgIpc) is 2.91. The molecule has 1 fully saturated rings. The highest BCUT2D eigenvalue weighted by atomic mass is 79.9. The molecule has 0 amide bonds. The van der Waals surface area contributed by atoms with E-state index in [4.69, 9.17) is 4.74 Å². The number of hydrogen-bond acceptors (Lipinski definition) is 3. The lowest BCUT2D eigenvalue weighted by Crippen LogP contribution is -2.61. The quantitative estimate of drug-likeness (QED) is 0.902. The number of nitrogens with one attached hydrogen (secondary N) is 1. The van der Waals surface area contributed by atoms with Crippen molar-refractivity contribution >= 4 is 15.9 Å². The van der Waals surface area contributed by atoms with Gasteiger partial charge in [0.25, 0.3) is 0 Å². The molecule has 1 saturated heterocycles. The molecule has 116 valence electrons. The third kappa shape index (κ3) is 2.99. The third-order valence-electron chi connectivity index (χ3n) is 5.04. The first-order chi connectivity index (χ1) is 10.0. The van der Waals surface area contributed by atoms with Gasteiger partial charge in [-0.1, -0.05) is 22.9 Å². The first-order valence-electron chi connectivity index (χ1n) is 7.94. The zero-order valence-electron chi connectivity index (χ0n) is 13.2. The molecule has 1 aromatic rings. The molecule has 3 rings (SSSR count). The van der Waals surface area contributed by atoms with Crippen LogP contribution in [0.1, 0.15) is 38.3 Å². The first kappa shape index (κ1) is 15.3. The summed E-state index contributed by atoms with van der Waals surface area (Å²) in [6.07, 6.45) is 2.19. The Balaban J connectivity index is 1.88. The molecule has 2 atom stereocenters. The summed E-state index contributed by atoms with van der Waals surface area (Å²) in [5, 5.41) is 3.62. The standard InChI is InChI=1S/C17H25BrN2O/c1-4-17(3)11-19-12(2)9-20(17)10-14-8-15(18)7-13-5-6-21-16(13)14/h7-8,12,19H,4-6,9-11H2,1-3H3. The molecule has 1 aromatic carbocycles. The number of hydrogen-bond donors (Lipinski definition) is 1. The second-order valence-corrected chi connectivity index (χ2v) is 7.58. The van der Waals surface area contributed by atoms with Gasteiger partial charge in [0.2, 0.25) is 0 Å². The molecule has 0 aromatic heterocycles. The van der Waals surface area contributed by atoms with Gasteiger partial charge in [0, 0.05) is 47.7 Å². The molecule has 0 saturated carbocycles. The van der Waals surface area contributed by atoms with Gasteiger partial charge in [0.05, 0.1) is 6.61 Å². The van der Waals surface area contributed by atoms with E-state index in [1.807, 2.05) is 0 Å². The molecule has 1 N–H and O–H groups in total. The van der Waals surface area contributed by atoms with Crippen molar-refractivity contribution < 1.29 is 4.74 Å². The number of nitrogens with zero attached hydrogens (tertiary/aromatic N) is 1. The maximum absolute atomic E-state index is 5.89. The average molecular weight is 353 g/mol. The van der Waals surface area contributed by atoms with Crippen molar-refractivity contribution in [2.75, 3.05) is 19.7 Å². The number of benzene rings is 1. The zero-order valence-corrected chi connectivity index (χ0v) is 14.8. The van der Waals surface area contributed by atoms with E-state index < -0.39 is 0 Å². The summed E-state index contributed by atoms with van der Waals surface area (Å²) >= 11 is 3.65. The lowest BCUT2D eigenvalue weighted by molar-refractivity contribution is 0.0446. The lowest BCUT2D eigenvalue weighted by Gasteiger charge is -2.47. The molecule has 3 nitrogen and oxygen atoms in total. The van der Waals surface area contributed by atoms with Crippen LogP contribution in [0.5, 0.6) is 5.75 Å². The van der Waals surface area contributed by atoms with Gasteiger partial charge in [-0.3, -0.25) is 4.90 Å². The molecule has 2 aliphatic rings. The van der Waals surface area contributed by atoms with Crippen LogP contribution in [-0.2, 0) is 13.0 Å². The highest BCUT2D eigenvalue weighted by molar-refractivity contribution is 9.10. The normalized spacial score (nSPS) is 29.2. The van der Waals surface area contributed by atoms with Crippen molar-refractivity contribution in [1.29, 1.82) is 0 Å². The van der Waals surface area contributed by atoms with Crippen molar-refractivity contribution in [2.24, 2.45) is 0 Å². The number of halogens is 1. The van der Waals surface area contributed by atoms with E-state index in [-0.39, 0.29) is 5.54 Å². The predicted molar refractivity (Wildman–Crippen MR) is 89.9 cm³/mol. The van der Waals surface area contributed by atoms with Crippen LogP contribution in [0, 0.1) is 0 Å². The van der Waals surface area contributed by atoms with Crippen LogP contribution in [0.2, 0.25) is 0 Å². The van der Waals surface area contributed by atoms with E-state index in [0.29, 0.717) is 6.04 Å². The highest BCUT2D eigenvalue weighted by Gasteiger charge is 2.35. The Hall–Kier alpha value is -0.580. The lowest BCUT2D eigenvalue weighted by atomic mass is 9.91. The minimum atomic E-state index is 0.223. The van der Waals surface area contributed by atoms with Crippen LogP contribution in [0.25, 0.3) is 0 Å². The Kier molecular flexibility index (Phi) is 4.30. The van der Waals surface area contributed by atoms with E-state index in [1.54, 1.807) is 0 Å². The molecule has 21 heavy (non-hydrogen) atoms. The first-order valence-corrected chi connectivity index (χ1v) is 8.73. The Morgan fingerprint density at radius 3 is 3.05 bits per heavy atom. The van der Waals surface area contributed by atoms with Crippen molar-refractivity contribution in [2.45, 2.75) is 51.7 Å². The molecule has 0 spiro atoms. The second kappa shape index (κ2) is 5.90. The van der Waals surface area contributed by atoms with Crippen LogP contribution < -0.4 is 10.1 Å². The van der Waals surface area contributed by atoms with Gasteiger partial charge in [-0.2, -0.15) is 0 Å². The Morgan fingerprint density at radius 2 is 2.29 bits per heavy atom. The van der Waals surface area contributed by atoms with Crippen LogP contribution in [-0.4, -0.2) is 36.2 Å². The molecular weight excluding hydrogens is 328 g/mol. The van der Waals surface area contributed by atoms with Crippen LogP contribution in [0.3, 0.4) is 0 Å². The Labute approximate surface area is 136 Å². The molecule has 2 heterocycles. The summed E-state index contributed by atoms with van der Waals surface area (Å²) in [4.78, 5) is 2.62. The number of rotatable bonds is 3. The Bertz CT molecular complexity index is 534. The fourth-order valence-corrected chi connectivity index (χ4v) is 3.95. The largest absolute Gasteiger partial charge is 0.493 e. The van der Waals surface area contributed by atoms with Gasteiger partial charge >= 0.3 is 0 Å². The van der Waals surface area contributed by atoms with Gasteiger partial charge < -0.3 is 10.1 Å². The molecular formula is C17H25BrN2O. The van der Waals surface area contributed by atoms with Gasteiger partial charge in [-0.25, -0.2) is 0 Å². The molecule has 2 aliphatic heterocycles. The van der Waals surface area contributed by atoms with E-state index in [2.05, 4.69) is 59.1 Å². The SMILES string of the molecule is CCC1(C)CNC(C)CN1Cc1cc(Br)cc2c1OCC2. The fourth-order valence-electron chi connectivity index (χ4n) is 3.39. The molecule has 0 aliphatic carbocycles. The fraction of sp³-hybridized carbons (Fsp3) is 0.647. The smallest absolute Gasteiger partial charge is 0.127 e. The van der Waals surface area contributed by atoms with E-state index in [9.17, 15) is 0 Å². The summed E-state index contributed by atoms with van der Waals surface area (Å²) < 4.78 is 7.06. The van der Waals surface area contributed by atoms with Crippen molar-refractivity contribution in [3.05, 3.63) is 27.7 Å². The predicted octanol–water partition coefficient (Wildman–Crippen LogP) is 3.35. The third-order valence-corrected chi connectivity index (χ3v) is 5.50. The summed E-state index contributed by atoms with van der Waals surface area (Å²) in [7, 11) is 0. The maximum Gasteiger partial charge on any atom is 0.127 e. The van der Waals surface area contributed by atoms with Crippen LogP contribution >= 0.6 is 15.9 Å². The topological polar surface area (TPSA) is 24.5 Å². The molecule has 2 unspecified atom stereocenters. The van der Waals surface area contributed by atoms with Gasteiger partial charge in [-0.05, 0) is 38.0 Å². The van der Waals surface area contributed by atoms with Gasteiger partial charge in [0.15, 0.2) is 0 Å². The maximum atomic E-state index is 5.89. The van der Waals surface area contributed by atoms with Crippen molar-refractivity contribution in [3.63, 3.8) is 0 Å². The van der Waals surface area contributed by atoms with E-state index in [0.717, 1.165) is 44.8 Å². The number of piperazine rings is 1. The number of ether oxygens (including phenoxy) is 1. The van der Waals surface area contributed by atoms with Gasteiger partial charge in [-0.15, -0.1) is 0 Å². The van der Waals surface area contributed by atoms with E-state index in [1.165, 1.54) is 15.6 Å². The summed E-state index contributed by atoms with van der Waals surface area (Å²) in [6.45, 7) is 10.9. The van der Waals surface area contributed by atoms with Crippen molar-refractivity contribution in [3.8, 4) is 5.75 Å². The second-order valence-electron chi connectivity index (χ2n) is 6.66. The Morgan fingerprint density at radius 1 is 1.48 bits per heavy atom. The monoisotopic (exact) mass is 352 g/mol.